The second kappa shape index (κ2) is 4.64. The van der Waals surface area contributed by atoms with Crippen molar-refractivity contribution in [3.8, 4) is 5.75 Å². The summed E-state index contributed by atoms with van der Waals surface area (Å²) in [5.74, 6) is -3.26. The third-order valence-corrected chi connectivity index (χ3v) is 3.65. The zero-order valence-corrected chi connectivity index (χ0v) is 10.4. The number of aliphatic carboxylic acids is 1. The monoisotopic (exact) mass is 275 g/mol. The van der Waals surface area contributed by atoms with Crippen LogP contribution in [0.2, 0.25) is 0 Å². The number of fused-ring (bicyclic) bond motifs is 2. The van der Waals surface area contributed by atoms with E-state index in [0.717, 1.165) is 0 Å². The quantitative estimate of drug-likeness (QED) is 0.564. The second-order valence-corrected chi connectivity index (χ2v) is 4.85. The number of aromatic hydroxyl groups is 1. The molecule has 0 spiro atoms. The lowest BCUT2D eigenvalue weighted by Crippen LogP contribution is -2.39. The average molecular weight is 275 g/mol. The highest BCUT2D eigenvalue weighted by Gasteiger charge is 2.53. The number of ether oxygens (including phenoxy) is 1. The molecule has 4 atom stereocenters. The van der Waals surface area contributed by atoms with Gasteiger partial charge in [0.1, 0.15) is 11.7 Å². The zero-order valence-electron chi connectivity index (χ0n) is 10.4. The number of hydrogen-bond acceptors (Lipinski definition) is 4. The Kier molecular flexibility index (Phi) is 2.94. The number of hydrogen-bond donors (Lipinski definition) is 3. The Hall–Kier alpha value is -2.34. The number of carbonyl (C=O) groups excluding carboxylic acids is 1. The van der Waals surface area contributed by atoms with Crippen molar-refractivity contribution in [1.82, 2.24) is 0 Å². The summed E-state index contributed by atoms with van der Waals surface area (Å²) in [6.07, 6.45) is 2.30. The summed E-state index contributed by atoms with van der Waals surface area (Å²) in [5.41, 5.74) is 0.258. The summed E-state index contributed by atoms with van der Waals surface area (Å²) in [7, 11) is 0. The van der Waals surface area contributed by atoms with Crippen molar-refractivity contribution in [2.45, 2.75) is 12.2 Å². The van der Waals surface area contributed by atoms with Gasteiger partial charge in [0.05, 0.1) is 23.8 Å². The molecule has 0 unspecified atom stereocenters. The van der Waals surface area contributed by atoms with Gasteiger partial charge in [0.25, 0.3) is 0 Å². The van der Waals surface area contributed by atoms with Crippen LogP contribution in [0.1, 0.15) is 0 Å². The van der Waals surface area contributed by atoms with Crippen molar-refractivity contribution >= 4 is 17.6 Å². The molecule has 1 amide bonds. The fourth-order valence-corrected chi connectivity index (χ4v) is 2.71. The molecule has 2 bridgehead atoms. The van der Waals surface area contributed by atoms with Crippen molar-refractivity contribution < 1.29 is 24.5 Å². The first-order valence-electron chi connectivity index (χ1n) is 6.23. The number of para-hydroxylation sites is 2. The van der Waals surface area contributed by atoms with E-state index < -0.39 is 35.9 Å². The number of phenols is 1. The maximum absolute atomic E-state index is 12.3. The van der Waals surface area contributed by atoms with Gasteiger partial charge in [-0.05, 0) is 12.1 Å². The molecule has 0 saturated carbocycles. The van der Waals surface area contributed by atoms with Crippen LogP contribution in [-0.4, -0.2) is 34.3 Å². The highest BCUT2D eigenvalue weighted by molar-refractivity contribution is 5.97. The van der Waals surface area contributed by atoms with Gasteiger partial charge in [-0.2, -0.15) is 0 Å². The van der Waals surface area contributed by atoms with Crippen LogP contribution in [0.25, 0.3) is 0 Å². The summed E-state index contributed by atoms with van der Waals surface area (Å²) in [6.45, 7) is 0. The molecule has 1 aromatic carbocycles. The normalized spacial score (nSPS) is 30.4. The Morgan fingerprint density at radius 1 is 1.10 bits per heavy atom. The van der Waals surface area contributed by atoms with Crippen LogP contribution in [0, 0.1) is 11.8 Å². The van der Waals surface area contributed by atoms with Gasteiger partial charge in [0, 0.05) is 0 Å². The Morgan fingerprint density at radius 2 is 1.75 bits per heavy atom. The molecule has 0 radical (unpaired) electrons. The highest BCUT2D eigenvalue weighted by Crippen LogP contribution is 2.40. The van der Waals surface area contributed by atoms with E-state index in [0.29, 0.717) is 0 Å². The van der Waals surface area contributed by atoms with Crippen LogP contribution in [0.4, 0.5) is 5.69 Å². The molecule has 6 heteroatoms. The van der Waals surface area contributed by atoms with Crippen LogP contribution in [0.15, 0.2) is 36.4 Å². The van der Waals surface area contributed by atoms with E-state index in [2.05, 4.69) is 5.32 Å². The maximum atomic E-state index is 12.3. The third-order valence-electron chi connectivity index (χ3n) is 3.65. The van der Waals surface area contributed by atoms with Crippen molar-refractivity contribution in [2.75, 3.05) is 5.32 Å². The number of carboxylic acid groups (broad SMARTS) is 1. The number of nitrogens with one attached hydrogen (secondary N) is 1. The largest absolute Gasteiger partial charge is 0.506 e. The predicted octanol–water partition coefficient (Wildman–Crippen LogP) is 0.985. The molecule has 0 aliphatic carbocycles. The maximum Gasteiger partial charge on any atom is 0.310 e. The fourth-order valence-electron chi connectivity index (χ4n) is 2.71. The lowest BCUT2D eigenvalue weighted by atomic mass is 9.82. The topological polar surface area (TPSA) is 95.9 Å². The van der Waals surface area contributed by atoms with Gasteiger partial charge in [0.2, 0.25) is 5.91 Å². The van der Waals surface area contributed by atoms with E-state index in [1.54, 1.807) is 30.4 Å². The molecular weight excluding hydrogens is 262 g/mol. The van der Waals surface area contributed by atoms with Crippen LogP contribution in [-0.2, 0) is 14.3 Å². The Balaban J connectivity index is 1.82. The molecule has 1 saturated heterocycles. The van der Waals surface area contributed by atoms with Gasteiger partial charge in [0.15, 0.2) is 0 Å². The number of rotatable bonds is 3. The minimum atomic E-state index is -1.06. The zero-order chi connectivity index (χ0) is 14.3. The molecule has 104 valence electrons. The molecule has 2 heterocycles. The second-order valence-electron chi connectivity index (χ2n) is 4.85. The van der Waals surface area contributed by atoms with E-state index in [1.165, 1.54) is 6.07 Å². The van der Waals surface area contributed by atoms with Crippen molar-refractivity contribution in [1.29, 1.82) is 0 Å². The summed E-state index contributed by atoms with van der Waals surface area (Å²) in [5, 5.41) is 21.4. The molecule has 1 aromatic rings. The summed E-state index contributed by atoms with van der Waals surface area (Å²) < 4.78 is 5.43. The van der Waals surface area contributed by atoms with Gasteiger partial charge >= 0.3 is 5.97 Å². The Morgan fingerprint density at radius 3 is 2.40 bits per heavy atom. The number of benzene rings is 1. The van der Waals surface area contributed by atoms with Gasteiger partial charge in [-0.1, -0.05) is 24.3 Å². The van der Waals surface area contributed by atoms with Crippen LogP contribution in [0.5, 0.6) is 5.75 Å². The fraction of sp³-hybridized carbons (Fsp3) is 0.286. The summed E-state index contributed by atoms with van der Waals surface area (Å²) in [4.78, 5) is 23.6. The Labute approximate surface area is 114 Å². The smallest absolute Gasteiger partial charge is 0.310 e. The van der Waals surface area contributed by atoms with E-state index in [-0.39, 0.29) is 11.4 Å². The number of phenolic OH excluding ortho intramolecular Hbond substituents is 1. The van der Waals surface area contributed by atoms with Gasteiger partial charge in [-0.25, -0.2) is 0 Å². The van der Waals surface area contributed by atoms with Crippen LogP contribution < -0.4 is 5.32 Å². The summed E-state index contributed by atoms with van der Waals surface area (Å²) >= 11 is 0. The Bertz CT molecular complexity index is 597. The summed E-state index contributed by atoms with van der Waals surface area (Å²) in [6, 6.07) is 6.30. The molecule has 3 rings (SSSR count). The number of carboxylic acids is 1. The van der Waals surface area contributed by atoms with E-state index in [4.69, 9.17) is 4.74 Å². The van der Waals surface area contributed by atoms with E-state index in [1.807, 2.05) is 0 Å². The van der Waals surface area contributed by atoms with Gasteiger partial charge in [-0.15, -0.1) is 0 Å². The molecule has 2 aliphatic heterocycles. The third kappa shape index (κ3) is 1.94. The molecule has 3 N–H and O–H groups in total. The number of carbonyl (C=O) groups is 2. The van der Waals surface area contributed by atoms with Crippen LogP contribution in [0.3, 0.4) is 0 Å². The predicted molar refractivity (Wildman–Crippen MR) is 69.2 cm³/mol. The molecule has 6 nitrogen and oxygen atoms in total. The first-order valence-corrected chi connectivity index (χ1v) is 6.23. The van der Waals surface area contributed by atoms with Crippen LogP contribution >= 0.6 is 0 Å². The van der Waals surface area contributed by atoms with Gasteiger partial charge < -0.3 is 20.3 Å². The first-order chi connectivity index (χ1) is 9.58. The molecule has 2 aliphatic rings. The standard InChI is InChI=1S/C14H13NO5/c16-8-4-2-1-3-7(8)15-13(17)11-9-5-6-10(20-9)12(11)14(18)19/h1-6,9-12,16H,(H,15,17)(H,18,19)/t9-,10-,11-,12-/m0/s1. The molecule has 1 fully saturated rings. The van der Waals surface area contributed by atoms with E-state index >= 15 is 0 Å². The minimum absolute atomic E-state index is 0.0626. The highest BCUT2D eigenvalue weighted by atomic mass is 16.5. The molecule has 20 heavy (non-hydrogen) atoms. The van der Waals surface area contributed by atoms with Crippen molar-refractivity contribution in [3.05, 3.63) is 36.4 Å². The number of anilines is 1. The lowest BCUT2D eigenvalue weighted by molar-refractivity contribution is -0.145. The number of amides is 1. The molecule has 0 aromatic heterocycles. The first kappa shape index (κ1) is 12.7. The minimum Gasteiger partial charge on any atom is -0.506 e. The lowest BCUT2D eigenvalue weighted by Gasteiger charge is -2.21. The molecular formula is C14H13NO5. The van der Waals surface area contributed by atoms with Gasteiger partial charge in [-0.3, -0.25) is 9.59 Å². The average Bonchev–Trinajstić information content (AvgIpc) is 3.01. The SMILES string of the molecule is O=C(O)[C@@H]1[C@@H](C(=O)Nc2ccccc2O)[C@@H]2C=C[C@@H]1O2. The van der Waals surface area contributed by atoms with Crippen molar-refractivity contribution in [3.63, 3.8) is 0 Å². The van der Waals surface area contributed by atoms with E-state index in [9.17, 15) is 19.8 Å². The van der Waals surface area contributed by atoms with Crippen molar-refractivity contribution in [2.24, 2.45) is 11.8 Å².